The summed E-state index contributed by atoms with van der Waals surface area (Å²) in [4.78, 5) is 12.0. The van der Waals surface area contributed by atoms with E-state index in [0.717, 1.165) is 19.3 Å². The third-order valence-corrected chi connectivity index (χ3v) is 5.36. The Morgan fingerprint density at radius 2 is 2.00 bits per heavy atom. The molecule has 4 nitrogen and oxygen atoms in total. The Morgan fingerprint density at radius 3 is 2.47 bits per heavy atom. The van der Waals surface area contributed by atoms with E-state index in [4.69, 9.17) is 20.7 Å². The van der Waals surface area contributed by atoms with E-state index >= 15 is 0 Å². The summed E-state index contributed by atoms with van der Waals surface area (Å²) >= 11 is 5.50. The monoisotopic (exact) mass is 310 g/mol. The molecule has 1 aliphatic carbocycles. The van der Waals surface area contributed by atoms with Gasteiger partial charge < -0.3 is 14.0 Å². The molecule has 0 radical (unpaired) electrons. The van der Waals surface area contributed by atoms with Gasteiger partial charge >= 0.3 is 5.97 Å². The van der Waals surface area contributed by atoms with Crippen LogP contribution in [0.4, 0.5) is 0 Å². The second-order valence-electron chi connectivity index (χ2n) is 5.72. The van der Waals surface area contributed by atoms with Crippen molar-refractivity contribution in [3.05, 3.63) is 0 Å². The maximum atomic E-state index is 12.0. The van der Waals surface area contributed by atoms with Gasteiger partial charge in [-0.15, -0.1) is 0 Å². The molecule has 1 aliphatic rings. The Hall–Kier alpha value is -0.0500. The van der Waals surface area contributed by atoms with E-state index in [1.54, 1.807) is 0 Å². The standard InChI is InChI=1S/C13H24ClO4P/c1-8(2)10-6-5-9(3)7-11(10)18-12(15)13(17-4)19(14)16/h8-11,13,19H,5-7H2,1-4H3. The Bertz CT molecular complexity index is 335. The van der Waals surface area contributed by atoms with Crippen LogP contribution >= 0.6 is 18.4 Å². The van der Waals surface area contributed by atoms with E-state index in [1.165, 1.54) is 7.11 Å². The van der Waals surface area contributed by atoms with Gasteiger partial charge in [0.25, 0.3) is 0 Å². The van der Waals surface area contributed by atoms with Crippen LogP contribution in [-0.2, 0) is 18.8 Å². The highest BCUT2D eigenvalue weighted by Crippen LogP contribution is 2.38. The van der Waals surface area contributed by atoms with Crippen molar-refractivity contribution in [1.82, 2.24) is 0 Å². The minimum Gasteiger partial charge on any atom is -0.460 e. The van der Waals surface area contributed by atoms with Crippen LogP contribution in [0.15, 0.2) is 0 Å². The van der Waals surface area contributed by atoms with Gasteiger partial charge in [-0.1, -0.05) is 38.4 Å². The quantitative estimate of drug-likeness (QED) is 0.574. The van der Waals surface area contributed by atoms with E-state index in [9.17, 15) is 9.36 Å². The number of hydrogen-bond acceptors (Lipinski definition) is 4. The number of methoxy groups -OCH3 is 1. The Balaban J connectivity index is 2.70. The van der Waals surface area contributed by atoms with Crippen LogP contribution in [0.25, 0.3) is 0 Å². The van der Waals surface area contributed by atoms with Crippen molar-refractivity contribution in [2.75, 3.05) is 7.11 Å². The van der Waals surface area contributed by atoms with E-state index in [1.807, 2.05) is 0 Å². The topological polar surface area (TPSA) is 52.6 Å². The molecule has 0 saturated heterocycles. The van der Waals surface area contributed by atoms with Crippen LogP contribution in [-0.4, -0.2) is 25.0 Å². The Morgan fingerprint density at radius 1 is 1.37 bits per heavy atom. The van der Waals surface area contributed by atoms with Gasteiger partial charge in [-0.25, -0.2) is 4.79 Å². The van der Waals surface area contributed by atoms with Gasteiger partial charge in [-0.05, 0) is 30.6 Å². The molecule has 5 atom stereocenters. The third kappa shape index (κ3) is 4.77. The van der Waals surface area contributed by atoms with Crippen molar-refractivity contribution in [2.45, 2.75) is 52.0 Å². The molecule has 112 valence electrons. The summed E-state index contributed by atoms with van der Waals surface area (Å²) in [5, 5.41) is 0. The summed E-state index contributed by atoms with van der Waals surface area (Å²) < 4.78 is 21.7. The van der Waals surface area contributed by atoms with Crippen molar-refractivity contribution >= 4 is 24.4 Å². The molecule has 0 aromatic carbocycles. The van der Waals surface area contributed by atoms with Crippen LogP contribution in [0.1, 0.15) is 40.0 Å². The highest BCUT2D eigenvalue weighted by molar-refractivity contribution is 7.74. The molecule has 1 fully saturated rings. The average Bonchev–Trinajstić information content (AvgIpc) is 2.28. The molecule has 0 spiro atoms. The normalized spacial score (nSPS) is 30.9. The van der Waals surface area contributed by atoms with Crippen molar-refractivity contribution in [2.24, 2.45) is 17.8 Å². The minimum atomic E-state index is -2.60. The molecule has 0 amide bonds. The largest absolute Gasteiger partial charge is 0.460 e. The highest BCUT2D eigenvalue weighted by Gasteiger charge is 2.36. The predicted molar refractivity (Wildman–Crippen MR) is 76.9 cm³/mol. The maximum Gasteiger partial charge on any atom is 0.344 e. The second kappa shape index (κ2) is 7.66. The molecule has 0 aromatic rings. The molecule has 6 heteroatoms. The summed E-state index contributed by atoms with van der Waals surface area (Å²) in [6.45, 7) is 6.44. The van der Waals surface area contributed by atoms with Crippen molar-refractivity contribution in [3.63, 3.8) is 0 Å². The van der Waals surface area contributed by atoms with Crippen molar-refractivity contribution in [1.29, 1.82) is 0 Å². The number of rotatable bonds is 5. The number of carbonyl (C=O) groups is 1. The molecule has 0 heterocycles. The maximum absolute atomic E-state index is 12.0. The summed E-state index contributed by atoms with van der Waals surface area (Å²) in [7, 11) is -1.28. The average molecular weight is 311 g/mol. The fourth-order valence-electron chi connectivity index (χ4n) is 2.74. The molecular formula is C13H24ClO4P. The fraction of sp³-hybridized carbons (Fsp3) is 0.923. The predicted octanol–water partition coefficient (Wildman–Crippen LogP) is 3.68. The Labute approximate surface area is 120 Å². The number of hydrogen-bond donors (Lipinski definition) is 0. The zero-order valence-corrected chi connectivity index (χ0v) is 13.8. The number of esters is 1. The van der Waals surface area contributed by atoms with Gasteiger partial charge in [0.2, 0.25) is 5.85 Å². The van der Waals surface area contributed by atoms with Crippen LogP contribution < -0.4 is 0 Å². The van der Waals surface area contributed by atoms with Gasteiger partial charge in [0.15, 0.2) is 7.15 Å². The highest BCUT2D eigenvalue weighted by atomic mass is 35.7. The zero-order valence-electron chi connectivity index (χ0n) is 12.0. The van der Waals surface area contributed by atoms with Gasteiger partial charge in [-0.3, -0.25) is 0 Å². The van der Waals surface area contributed by atoms with E-state index in [2.05, 4.69) is 20.8 Å². The molecule has 0 bridgehead atoms. The molecule has 19 heavy (non-hydrogen) atoms. The van der Waals surface area contributed by atoms with E-state index in [0.29, 0.717) is 17.8 Å². The first-order chi connectivity index (χ1) is 8.86. The van der Waals surface area contributed by atoms with Gasteiger partial charge in [0.1, 0.15) is 6.10 Å². The number of carbonyl (C=O) groups excluding carboxylic acids is 1. The summed E-state index contributed by atoms with van der Waals surface area (Å²) in [6, 6.07) is 0. The van der Waals surface area contributed by atoms with Gasteiger partial charge in [0, 0.05) is 7.11 Å². The molecule has 0 aliphatic heterocycles. The molecular weight excluding hydrogens is 287 g/mol. The Kier molecular flexibility index (Phi) is 6.85. The van der Waals surface area contributed by atoms with Crippen LogP contribution in [0.5, 0.6) is 0 Å². The molecule has 5 unspecified atom stereocenters. The summed E-state index contributed by atoms with van der Waals surface area (Å²) in [5.41, 5.74) is 0. The van der Waals surface area contributed by atoms with Gasteiger partial charge in [-0.2, -0.15) is 0 Å². The molecule has 0 aromatic heterocycles. The van der Waals surface area contributed by atoms with Crippen LogP contribution in [0.3, 0.4) is 0 Å². The zero-order chi connectivity index (χ0) is 14.6. The van der Waals surface area contributed by atoms with E-state index < -0.39 is 19.0 Å². The minimum absolute atomic E-state index is 0.119. The lowest BCUT2D eigenvalue weighted by Gasteiger charge is -2.37. The van der Waals surface area contributed by atoms with Gasteiger partial charge in [0.05, 0.1) is 0 Å². The SMILES string of the molecule is COC(C(=O)OC1CC(C)CCC1C(C)C)[PH](=O)Cl. The summed E-state index contributed by atoms with van der Waals surface area (Å²) in [6.07, 6.45) is 2.96. The lowest BCUT2D eigenvalue weighted by molar-refractivity contribution is -0.162. The second-order valence-corrected chi connectivity index (χ2v) is 7.97. The lowest BCUT2D eigenvalue weighted by Crippen LogP contribution is -2.38. The smallest absolute Gasteiger partial charge is 0.344 e. The number of halogens is 1. The molecule has 1 rings (SSSR count). The lowest BCUT2D eigenvalue weighted by atomic mass is 9.75. The number of ether oxygens (including phenoxy) is 2. The first-order valence-corrected chi connectivity index (χ1v) is 9.29. The summed E-state index contributed by atoms with van der Waals surface area (Å²) in [5.74, 6) is -0.362. The molecule has 0 N–H and O–H groups in total. The fourth-order valence-corrected chi connectivity index (χ4v) is 3.72. The first kappa shape index (κ1) is 17.0. The first-order valence-electron chi connectivity index (χ1n) is 6.79. The van der Waals surface area contributed by atoms with Crippen LogP contribution in [0, 0.1) is 17.8 Å². The van der Waals surface area contributed by atoms with Crippen LogP contribution in [0.2, 0.25) is 0 Å². The molecule has 1 saturated carbocycles. The van der Waals surface area contributed by atoms with Crippen molar-refractivity contribution in [3.8, 4) is 0 Å². The third-order valence-electron chi connectivity index (χ3n) is 3.88. The van der Waals surface area contributed by atoms with Crippen molar-refractivity contribution < 1.29 is 18.8 Å². The van der Waals surface area contributed by atoms with E-state index in [-0.39, 0.29) is 6.10 Å².